The molecule has 0 saturated heterocycles. The third-order valence-electron chi connectivity index (χ3n) is 5.99. The number of fused-ring (bicyclic) bond motifs is 1. The number of aromatic nitrogens is 3. The average Bonchev–Trinajstić information content (AvgIpc) is 3.09. The molecule has 2 aromatic carbocycles. The van der Waals surface area contributed by atoms with Gasteiger partial charge in [-0.15, -0.1) is 0 Å². The van der Waals surface area contributed by atoms with Crippen LogP contribution in [0.3, 0.4) is 0 Å². The molecule has 2 heterocycles. The van der Waals surface area contributed by atoms with E-state index < -0.39 is 0 Å². The van der Waals surface area contributed by atoms with Crippen LogP contribution in [0.5, 0.6) is 0 Å². The van der Waals surface area contributed by atoms with Gasteiger partial charge in [-0.3, -0.25) is 14.2 Å². The van der Waals surface area contributed by atoms with E-state index in [1.807, 2.05) is 67.8 Å². The molecule has 1 amide bonds. The van der Waals surface area contributed by atoms with Crippen LogP contribution in [0.4, 0.5) is 5.82 Å². The van der Waals surface area contributed by atoms with Crippen molar-refractivity contribution < 1.29 is 4.79 Å². The number of para-hydroxylation sites is 1. The molecule has 178 valence electrons. The van der Waals surface area contributed by atoms with E-state index in [9.17, 15) is 14.9 Å². The maximum absolute atomic E-state index is 13.0. The fraction of sp³-hybridized carbons (Fsp3) is 0.259. The maximum Gasteiger partial charge on any atom is 0.262 e. The molecule has 2 aromatic heterocycles. The molecule has 0 aliphatic carbocycles. The van der Waals surface area contributed by atoms with Gasteiger partial charge >= 0.3 is 0 Å². The van der Waals surface area contributed by atoms with E-state index in [4.69, 9.17) is 0 Å². The van der Waals surface area contributed by atoms with Gasteiger partial charge in [-0.2, -0.15) is 5.26 Å². The molecule has 0 saturated carbocycles. The van der Waals surface area contributed by atoms with Crippen LogP contribution >= 0.6 is 11.8 Å². The van der Waals surface area contributed by atoms with E-state index in [1.54, 1.807) is 16.7 Å². The molecule has 1 N–H and O–H groups in total. The van der Waals surface area contributed by atoms with Gasteiger partial charge in [-0.1, -0.05) is 61.2 Å². The Hall–Kier alpha value is -3.83. The molecule has 0 radical (unpaired) electrons. The summed E-state index contributed by atoms with van der Waals surface area (Å²) >= 11 is 1.23. The second-order valence-corrected chi connectivity index (χ2v) is 9.27. The fourth-order valence-corrected chi connectivity index (χ4v) is 4.90. The van der Waals surface area contributed by atoms with Gasteiger partial charge in [-0.25, -0.2) is 4.98 Å². The van der Waals surface area contributed by atoms with E-state index in [-0.39, 0.29) is 17.2 Å². The number of nitriles is 1. The van der Waals surface area contributed by atoms with E-state index in [0.29, 0.717) is 40.5 Å². The Labute approximate surface area is 208 Å². The molecule has 0 aliphatic heterocycles. The van der Waals surface area contributed by atoms with Crippen LogP contribution < -0.4 is 10.9 Å². The van der Waals surface area contributed by atoms with Gasteiger partial charge in [0.15, 0.2) is 5.16 Å². The quantitative estimate of drug-likeness (QED) is 0.284. The van der Waals surface area contributed by atoms with E-state index >= 15 is 0 Å². The minimum Gasteiger partial charge on any atom is -0.326 e. The molecule has 4 aromatic rings. The Bertz CT molecular complexity index is 1480. The van der Waals surface area contributed by atoms with Crippen molar-refractivity contribution in [3.05, 3.63) is 87.3 Å². The first-order valence-electron chi connectivity index (χ1n) is 11.5. The molecule has 0 spiro atoms. The second kappa shape index (κ2) is 10.6. The van der Waals surface area contributed by atoms with Gasteiger partial charge in [0.2, 0.25) is 5.91 Å². The van der Waals surface area contributed by atoms with Crippen molar-refractivity contribution in [3.63, 3.8) is 0 Å². The van der Waals surface area contributed by atoms with Crippen LogP contribution in [0.15, 0.2) is 64.5 Å². The Morgan fingerprint density at radius 3 is 2.51 bits per heavy atom. The molecule has 0 bridgehead atoms. The number of carbonyl (C=O) groups is 1. The summed E-state index contributed by atoms with van der Waals surface area (Å²) in [6, 6.07) is 19.4. The molecule has 4 rings (SSSR count). The predicted molar refractivity (Wildman–Crippen MR) is 140 cm³/mol. The van der Waals surface area contributed by atoms with Crippen molar-refractivity contribution in [2.24, 2.45) is 0 Å². The summed E-state index contributed by atoms with van der Waals surface area (Å²) in [5.74, 6) is 0.298. The van der Waals surface area contributed by atoms with Crippen molar-refractivity contribution in [1.82, 2.24) is 14.1 Å². The highest BCUT2D eigenvalue weighted by atomic mass is 32.2. The first kappa shape index (κ1) is 24.3. The molecular weight excluding hydrogens is 458 g/mol. The monoisotopic (exact) mass is 485 g/mol. The summed E-state index contributed by atoms with van der Waals surface area (Å²) in [5, 5.41) is 13.8. The van der Waals surface area contributed by atoms with Crippen LogP contribution in [0.25, 0.3) is 10.9 Å². The summed E-state index contributed by atoms with van der Waals surface area (Å²) in [4.78, 5) is 30.7. The number of thioether (sulfide) groups is 1. The lowest BCUT2D eigenvalue weighted by molar-refractivity contribution is -0.113. The largest absolute Gasteiger partial charge is 0.326 e. The van der Waals surface area contributed by atoms with Crippen molar-refractivity contribution in [1.29, 1.82) is 5.26 Å². The van der Waals surface area contributed by atoms with Crippen molar-refractivity contribution in [2.45, 2.75) is 45.4 Å². The number of nitrogens with one attached hydrogen (secondary N) is 1. The van der Waals surface area contributed by atoms with Gasteiger partial charge in [0.1, 0.15) is 11.9 Å². The van der Waals surface area contributed by atoms with Crippen LogP contribution in [-0.2, 0) is 17.9 Å². The Kier molecular flexibility index (Phi) is 7.37. The normalized spacial score (nSPS) is 10.9. The zero-order valence-electron chi connectivity index (χ0n) is 20.0. The summed E-state index contributed by atoms with van der Waals surface area (Å²) in [7, 11) is 0. The fourth-order valence-electron chi connectivity index (χ4n) is 4.07. The van der Waals surface area contributed by atoms with E-state index in [2.05, 4.69) is 16.4 Å². The van der Waals surface area contributed by atoms with Crippen molar-refractivity contribution >= 4 is 34.4 Å². The number of carbonyl (C=O) groups excluding carboxylic acids is 1. The zero-order chi connectivity index (χ0) is 24.9. The Morgan fingerprint density at radius 2 is 1.80 bits per heavy atom. The number of hydrogen-bond acceptors (Lipinski definition) is 5. The van der Waals surface area contributed by atoms with Gasteiger partial charge in [0.25, 0.3) is 5.56 Å². The van der Waals surface area contributed by atoms with Gasteiger partial charge < -0.3 is 9.88 Å². The number of amides is 1. The predicted octanol–water partition coefficient (Wildman–Crippen LogP) is 4.88. The molecule has 0 aliphatic rings. The molecular formula is C27H27N5O2S. The lowest BCUT2D eigenvalue weighted by Crippen LogP contribution is -2.24. The van der Waals surface area contributed by atoms with Gasteiger partial charge in [0, 0.05) is 18.8 Å². The highest BCUT2D eigenvalue weighted by Crippen LogP contribution is 2.28. The van der Waals surface area contributed by atoms with Crippen LogP contribution in [0, 0.1) is 25.2 Å². The third kappa shape index (κ3) is 5.00. The number of rotatable bonds is 8. The summed E-state index contributed by atoms with van der Waals surface area (Å²) < 4.78 is 3.60. The van der Waals surface area contributed by atoms with Crippen molar-refractivity contribution in [2.75, 3.05) is 11.1 Å². The number of benzene rings is 2. The molecule has 35 heavy (non-hydrogen) atoms. The van der Waals surface area contributed by atoms with Crippen LogP contribution in [-0.4, -0.2) is 25.8 Å². The zero-order valence-corrected chi connectivity index (χ0v) is 20.9. The van der Waals surface area contributed by atoms with Crippen LogP contribution in [0.1, 0.15) is 35.7 Å². The van der Waals surface area contributed by atoms with Crippen molar-refractivity contribution in [3.8, 4) is 6.07 Å². The lowest BCUT2D eigenvalue weighted by Gasteiger charge is -2.14. The SMILES string of the molecule is CCCn1c(SCC(=O)Nc2c(C#N)c(C)c(C)n2Cc2ccccc2)nc2ccccc2c1=O. The molecule has 0 fully saturated rings. The standard InChI is InChI=1S/C27H27N5O2S/c1-4-14-31-26(34)21-12-8-9-13-23(21)29-27(31)35-17-24(33)30-25-22(15-28)18(2)19(3)32(25)16-20-10-6-5-7-11-20/h5-13H,4,14,16-17H2,1-3H3,(H,30,33). The second-order valence-electron chi connectivity index (χ2n) is 8.32. The van der Waals surface area contributed by atoms with Gasteiger partial charge in [0.05, 0.1) is 22.2 Å². The Morgan fingerprint density at radius 1 is 1.09 bits per heavy atom. The highest BCUT2D eigenvalue weighted by molar-refractivity contribution is 7.99. The third-order valence-corrected chi connectivity index (χ3v) is 6.97. The number of nitrogens with zero attached hydrogens (tertiary/aromatic N) is 4. The maximum atomic E-state index is 13.0. The highest BCUT2D eigenvalue weighted by Gasteiger charge is 2.20. The summed E-state index contributed by atoms with van der Waals surface area (Å²) in [6.45, 7) is 6.91. The van der Waals surface area contributed by atoms with Crippen LogP contribution in [0.2, 0.25) is 0 Å². The first-order valence-corrected chi connectivity index (χ1v) is 12.5. The lowest BCUT2D eigenvalue weighted by atomic mass is 10.2. The minimum atomic E-state index is -0.260. The Balaban J connectivity index is 1.60. The van der Waals surface area contributed by atoms with Gasteiger partial charge in [-0.05, 0) is 43.5 Å². The summed E-state index contributed by atoms with van der Waals surface area (Å²) in [6.07, 6.45) is 0.775. The average molecular weight is 486 g/mol. The minimum absolute atomic E-state index is 0.0635. The van der Waals surface area contributed by atoms with E-state index in [1.165, 1.54) is 11.8 Å². The summed E-state index contributed by atoms with van der Waals surface area (Å²) in [5.41, 5.74) is 3.82. The molecule has 0 atom stereocenters. The number of anilines is 1. The smallest absolute Gasteiger partial charge is 0.262 e. The number of hydrogen-bond donors (Lipinski definition) is 1. The molecule has 8 heteroatoms. The topological polar surface area (TPSA) is 92.7 Å². The first-order chi connectivity index (χ1) is 16.9. The molecule has 7 nitrogen and oxygen atoms in total. The molecule has 0 unspecified atom stereocenters. The van der Waals surface area contributed by atoms with E-state index in [0.717, 1.165) is 23.2 Å².